The molecule has 1 aliphatic carbocycles. The maximum absolute atomic E-state index is 12.1. The molecule has 3 rings (SSSR count). The SMILES string of the molecule is Cc1[nH]nc2c1C(=O)C[C@H](c1ccc(Cl)cc1)C2. The van der Waals surface area contributed by atoms with Gasteiger partial charge in [0.25, 0.3) is 0 Å². The summed E-state index contributed by atoms with van der Waals surface area (Å²) in [4.78, 5) is 12.1. The molecule has 0 radical (unpaired) electrons. The Labute approximate surface area is 110 Å². The summed E-state index contributed by atoms with van der Waals surface area (Å²) in [5.74, 6) is 0.396. The molecular weight excluding hydrogens is 248 g/mol. The van der Waals surface area contributed by atoms with Gasteiger partial charge >= 0.3 is 0 Å². The smallest absolute Gasteiger partial charge is 0.167 e. The number of hydrogen-bond acceptors (Lipinski definition) is 2. The lowest BCUT2D eigenvalue weighted by Crippen LogP contribution is -2.18. The van der Waals surface area contributed by atoms with Crippen molar-refractivity contribution < 1.29 is 4.79 Å². The predicted octanol–water partition coefficient (Wildman–Crippen LogP) is 3.28. The van der Waals surface area contributed by atoms with Crippen LogP contribution in [-0.2, 0) is 6.42 Å². The third-order valence-corrected chi connectivity index (χ3v) is 3.77. The van der Waals surface area contributed by atoms with Gasteiger partial charge in [-0.25, -0.2) is 0 Å². The van der Waals surface area contributed by atoms with Crippen molar-refractivity contribution in [1.82, 2.24) is 10.2 Å². The standard InChI is InChI=1S/C14H13ClN2O/c1-8-14-12(17-16-8)6-10(7-13(14)18)9-2-4-11(15)5-3-9/h2-5,10H,6-7H2,1H3,(H,16,17)/t10-/m1/s1. The molecule has 18 heavy (non-hydrogen) atoms. The Morgan fingerprint density at radius 1 is 1.28 bits per heavy atom. The normalized spacial score (nSPS) is 18.8. The molecule has 0 bridgehead atoms. The highest BCUT2D eigenvalue weighted by atomic mass is 35.5. The van der Waals surface area contributed by atoms with E-state index in [2.05, 4.69) is 10.2 Å². The number of nitrogens with zero attached hydrogens (tertiary/aromatic N) is 1. The molecule has 1 aliphatic rings. The van der Waals surface area contributed by atoms with E-state index in [0.29, 0.717) is 6.42 Å². The van der Waals surface area contributed by atoms with Gasteiger partial charge in [-0.2, -0.15) is 5.10 Å². The van der Waals surface area contributed by atoms with Crippen LogP contribution in [-0.4, -0.2) is 16.0 Å². The third-order valence-electron chi connectivity index (χ3n) is 3.51. The lowest BCUT2D eigenvalue weighted by molar-refractivity contribution is 0.0963. The van der Waals surface area contributed by atoms with Crippen LogP contribution < -0.4 is 0 Å². The number of fused-ring (bicyclic) bond motifs is 1. The zero-order chi connectivity index (χ0) is 12.7. The number of rotatable bonds is 1. The molecular formula is C14H13ClN2O. The Morgan fingerprint density at radius 2 is 2.00 bits per heavy atom. The molecule has 2 aromatic rings. The number of halogens is 1. The van der Waals surface area contributed by atoms with E-state index in [-0.39, 0.29) is 11.7 Å². The molecule has 0 spiro atoms. The summed E-state index contributed by atoms with van der Waals surface area (Å²) in [6.45, 7) is 1.90. The minimum atomic E-state index is 0.183. The van der Waals surface area contributed by atoms with Gasteiger partial charge in [0.1, 0.15) is 0 Å². The fraction of sp³-hybridized carbons (Fsp3) is 0.286. The van der Waals surface area contributed by atoms with Gasteiger partial charge in [-0.1, -0.05) is 23.7 Å². The number of benzene rings is 1. The summed E-state index contributed by atoms with van der Waals surface area (Å²) in [7, 11) is 0. The van der Waals surface area contributed by atoms with Gasteiger partial charge in [0, 0.05) is 17.1 Å². The van der Waals surface area contributed by atoms with Gasteiger partial charge < -0.3 is 0 Å². The van der Waals surface area contributed by atoms with Crippen LogP contribution in [0.1, 0.15) is 39.6 Å². The fourth-order valence-corrected chi connectivity index (χ4v) is 2.73. The number of aromatic amines is 1. The van der Waals surface area contributed by atoms with Crippen molar-refractivity contribution in [3.8, 4) is 0 Å². The average molecular weight is 261 g/mol. The molecule has 4 heteroatoms. The summed E-state index contributed by atoms with van der Waals surface area (Å²) in [5.41, 5.74) is 3.72. The number of aromatic nitrogens is 2. The van der Waals surface area contributed by atoms with E-state index < -0.39 is 0 Å². The van der Waals surface area contributed by atoms with Crippen LogP contribution in [0.15, 0.2) is 24.3 Å². The van der Waals surface area contributed by atoms with Crippen LogP contribution in [0.25, 0.3) is 0 Å². The molecule has 0 fully saturated rings. The van der Waals surface area contributed by atoms with Crippen LogP contribution in [0, 0.1) is 6.92 Å². The van der Waals surface area contributed by atoms with Crippen LogP contribution in [0.3, 0.4) is 0 Å². The topological polar surface area (TPSA) is 45.8 Å². The molecule has 0 amide bonds. The number of H-pyrrole nitrogens is 1. The van der Waals surface area contributed by atoms with Crippen LogP contribution in [0.4, 0.5) is 0 Å². The first kappa shape index (κ1) is 11.5. The molecule has 92 valence electrons. The summed E-state index contributed by atoms with van der Waals surface area (Å²) in [6, 6.07) is 7.72. The van der Waals surface area contributed by atoms with E-state index in [9.17, 15) is 4.79 Å². The van der Waals surface area contributed by atoms with Crippen LogP contribution in [0.5, 0.6) is 0 Å². The second kappa shape index (κ2) is 4.25. The minimum absolute atomic E-state index is 0.183. The molecule has 0 saturated carbocycles. The first-order valence-corrected chi connectivity index (χ1v) is 6.35. The third kappa shape index (κ3) is 1.85. The molecule has 1 heterocycles. The molecule has 1 atom stereocenters. The van der Waals surface area contributed by atoms with E-state index in [0.717, 1.165) is 34.0 Å². The van der Waals surface area contributed by atoms with Crippen molar-refractivity contribution in [2.45, 2.75) is 25.7 Å². The lowest BCUT2D eigenvalue weighted by atomic mass is 9.82. The van der Waals surface area contributed by atoms with Crippen LogP contribution in [0.2, 0.25) is 5.02 Å². The Kier molecular flexibility index (Phi) is 2.71. The van der Waals surface area contributed by atoms with Crippen LogP contribution >= 0.6 is 11.6 Å². The van der Waals surface area contributed by atoms with Crippen molar-refractivity contribution in [2.24, 2.45) is 0 Å². The Balaban J connectivity index is 1.94. The van der Waals surface area contributed by atoms with Gasteiger partial charge in [0.2, 0.25) is 0 Å². The fourth-order valence-electron chi connectivity index (χ4n) is 2.60. The predicted molar refractivity (Wildman–Crippen MR) is 70.2 cm³/mol. The number of carbonyl (C=O) groups is 1. The molecule has 0 aliphatic heterocycles. The number of Topliss-reactive ketones (excluding diaryl/α,β-unsaturated/α-hetero) is 1. The second-order valence-corrected chi connectivity index (χ2v) is 5.19. The van der Waals surface area contributed by atoms with E-state index in [1.54, 1.807) is 0 Å². The minimum Gasteiger partial charge on any atom is -0.294 e. The van der Waals surface area contributed by atoms with E-state index >= 15 is 0 Å². The van der Waals surface area contributed by atoms with Gasteiger partial charge in [-0.05, 0) is 37.0 Å². The summed E-state index contributed by atoms with van der Waals surface area (Å²) < 4.78 is 0. The van der Waals surface area contributed by atoms with Crippen molar-refractivity contribution in [2.75, 3.05) is 0 Å². The maximum atomic E-state index is 12.1. The Bertz CT molecular complexity index is 601. The number of nitrogens with one attached hydrogen (secondary N) is 1. The number of aryl methyl sites for hydroxylation is 1. The lowest BCUT2D eigenvalue weighted by Gasteiger charge is -2.21. The zero-order valence-electron chi connectivity index (χ0n) is 10.0. The highest BCUT2D eigenvalue weighted by molar-refractivity contribution is 6.30. The average Bonchev–Trinajstić information content (AvgIpc) is 2.72. The van der Waals surface area contributed by atoms with Crippen molar-refractivity contribution in [3.63, 3.8) is 0 Å². The Hall–Kier alpha value is -1.61. The van der Waals surface area contributed by atoms with Gasteiger partial charge in [0.05, 0.1) is 11.3 Å². The highest BCUT2D eigenvalue weighted by Gasteiger charge is 2.29. The largest absolute Gasteiger partial charge is 0.294 e. The highest BCUT2D eigenvalue weighted by Crippen LogP contribution is 2.33. The summed E-state index contributed by atoms with van der Waals surface area (Å²) >= 11 is 5.88. The van der Waals surface area contributed by atoms with E-state index in [1.165, 1.54) is 0 Å². The molecule has 3 nitrogen and oxygen atoms in total. The molecule has 1 aromatic carbocycles. The summed E-state index contributed by atoms with van der Waals surface area (Å²) in [5, 5.41) is 7.85. The quantitative estimate of drug-likeness (QED) is 0.855. The van der Waals surface area contributed by atoms with E-state index in [4.69, 9.17) is 11.6 Å². The van der Waals surface area contributed by atoms with Crippen molar-refractivity contribution >= 4 is 17.4 Å². The maximum Gasteiger partial charge on any atom is 0.167 e. The first-order chi connectivity index (χ1) is 8.65. The molecule has 0 saturated heterocycles. The zero-order valence-corrected chi connectivity index (χ0v) is 10.8. The molecule has 0 unspecified atom stereocenters. The van der Waals surface area contributed by atoms with Gasteiger partial charge in [-0.3, -0.25) is 9.89 Å². The monoisotopic (exact) mass is 260 g/mol. The van der Waals surface area contributed by atoms with E-state index in [1.807, 2.05) is 31.2 Å². The van der Waals surface area contributed by atoms with Crippen molar-refractivity contribution in [3.05, 3.63) is 51.8 Å². The number of ketones is 1. The number of carbonyl (C=O) groups excluding carboxylic acids is 1. The summed E-state index contributed by atoms with van der Waals surface area (Å²) in [6.07, 6.45) is 1.36. The first-order valence-electron chi connectivity index (χ1n) is 5.97. The van der Waals surface area contributed by atoms with Gasteiger partial charge in [0.15, 0.2) is 5.78 Å². The molecule has 1 aromatic heterocycles. The van der Waals surface area contributed by atoms with Gasteiger partial charge in [-0.15, -0.1) is 0 Å². The van der Waals surface area contributed by atoms with Crippen molar-refractivity contribution in [1.29, 1.82) is 0 Å². The molecule has 1 N–H and O–H groups in total. The number of hydrogen-bond donors (Lipinski definition) is 1. The second-order valence-electron chi connectivity index (χ2n) is 4.75. The Morgan fingerprint density at radius 3 is 2.72 bits per heavy atom.